The number of hydrogen-bond acceptors (Lipinski definition) is 1. The van der Waals surface area contributed by atoms with Crippen LogP contribution in [-0.4, -0.2) is 11.7 Å². The first kappa shape index (κ1) is 11.1. The summed E-state index contributed by atoms with van der Waals surface area (Å²) in [6, 6.07) is 0. The Labute approximate surface area is 81.3 Å². The van der Waals surface area contributed by atoms with Crippen LogP contribution >= 0.6 is 12.4 Å². The summed E-state index contributed by atoms with van der Waals surface area (Å²) in [5.74, 6) is 0. The van der Waals surface area contributed by atoms with Gasteiger partial charge in [-0.25, -0.2) is 0 Å². The van der Waals surface area contributed by atoms with E-state index in [1.807, 2.05) is 0 Å². The molecule has 2 saturated carbocycles. The van der Waals surface area contributed by atoms with Crippen LogP contribution in [0.1, 0.15) is 32.1 Å². The van der Waals surface area contributed by atoms with E-state index in [4.69, 9.17) is 5.73 Å². The Morgan fingerprint density at radius 1 is 1.08 bits per heavy atom. The minimum Gasteiger partial charge on any atom is -0.318 e. The van der Waals surface area contributed by atoms with Gasteiger partial charge in [0, 0.05) is 0 Å². The first-order valence-corrected chi connectivity index (χ1v) is 4.23. The summed E-state index contributed by atoms with van der Waals surface area (Å²) >= 11 is 0. The smallest absolute Gasteiger partial charge is 0.318 e. The second kappa shape index (κ2) is 2.76. The van der Waals surface area contributed by atoms with Crippen LogP contribution in [-0.2, 0) is 0 Å². The lowest BCUT2D eigenvalue weighted by Gasteiger charge is -2.59. The maximum Gasteiger partial charge on any atom is 0.406 e. The van der Waals surface area contributed by atoms with Crippen molar-refractivity contribution < 1.29 is 13.2 Å². The molecule has 0 bridgehead atoms. The number of rotatable bonds is 0. The van der Waals surface area contributed by atoms with Gasteiger partial charge in [0.05, 0.1) is 0 Å². The van der Waals surface area contributed by atoms with Gasteiger partial charge >= 0.3 is 6.18 Å². The van der Waals surface area contributed by atoms with Crippen LogP contribution in [0.5, 0.6) is 0 Å². The monoisotopic (exact) mass is 215 g/mol. The fourth-order valence-corrected chi connectivity index (χ4v) is 2.52. The van der Waals surface area contributed by atoms with E-state index in [0.29, 0.717) is 0 Å². The van der Waals surface area contributed by atoms with E-state index >= 15 is 0 Å². The van der Waals surface area contributed by atoms with Gasteiger partial charge in [-0.1, -0.05) is 6.42 Å². The quantitative estimate of drug-likeness (QED) is 0.661. The molecule has 1 nitrogen and oxygen atoms in total. The Balaban J connectivity index is 0.000000845. The molecule has 0 atom stereocenters. The van der Waals surface area contributed by atoms with E-state index in [9.17, 15) is 13.2 Å². The van der Waals surface area contributed by atoms with Crippen molar-refractivity contribution in [2.75, 3.05) is 0 Å². The van der Waals surface area contributed by atoms with Crippen molar-refractivity contribution >= 4 is 12.4 Å². The molecule has 0 radical (unpaired) electrons. The van der Waals surface area contributed by atoms with E-state index in [1.165, 1.54) is 0 Å². The highest BCUT2D eigenvalue weighted by Gasteiger charge is 2.66. The molecule has 1 spiro atoms. The van der Waals surface area contributed by atoms with E-state index in [-0.39, 0.29) is 30.7 Å². The zero-order valence-corrected chi connectivity index (χ0v) is 7.97. The van der Waals surface area contributed by atoms with Crippen LogP contribution < -0.4 is 5.73 Å². The highest BCUT2D eigenvalue weighted by atomic mass is 35.5. The summed E-state index contributed by atoms with van der Waals surface area (Å²) in [6.07, 6.45) is -0.918. The zero-order chi connectivity index (χ0) is 9.04. The minimum absolute atomic E-state index is 0. The van der Waals surface area contributed by atoms with Gasteiger partial charge in [0.25, 0.3) is 0 Å². The molecule has 13 heavy (non-hydrogen) atoms. The van der Waals surface area contributed by atoms with E-state index < -0.39 is 11.7 Å². The minimum atomic E-state index is -4.20. The number of nitrogens with two attached hydrogens (primary N) is 1. The predicted molar refractivity (Wildman–Crippen MR) is 45.7 cm³/mol. The van der Waals surface area contributed by atoms with Crippen molar-refractivity contribution in [1.82, 2.24) is 0 Å². The highest BCUT2D eigenvalue weighted by molar-refractivity contribution is 5.85. The molecule has 2 rings (SSSR count). The lowest BCUT2D eigenvalue weighted by Crippen LogP contribution is -2.67. The first-order chi connectivity index (χ1) is 5.37. The van der Waals surface area contributed by atoms with E-state index in [0.717, 1.165) is 19.3 Å². The maximum absolute atomic E-state index is 12.3. The summed E-state index contributed by atoms with van der Waals surface area (Å²) in [5, 5.41) is 0. The van der Waals surface area contributed by atoms with Gasteiger partial charge < -0.3 is 5.73 Å². The molecule has 0 heterocycles. The van der Waals surface area contributed by atoms with Crippen LogP contribution in [0.15, 0.2) is 0 Å². The van der Waals surface area contributed by atoms with Crippen molar-refractivity contribution in [2.45, 2.75) is 43.8 Å². The molecule has 0 aliphatic heterocycles. The molecule has 0 aromatic heterocycles. The molecule has 0 aromatic rings. The maximum atomic E-state index is 12.3. The normalized spacial score (nSPS) is 28.6. The average Bonchev–Trinajstić information content (AvgIpc) is 1.73. The first-order valence-electron chi connectivity index (χ1n) is 4.23. The Morgan fingerprint density at radius 3 is 1.77 bits per heavy atom. The molecule has 5 heteroatoms. The van der Waals surface area contributed by atoms with Crippen molar-refractivity contribution in [3.8, 4) is 0 Å². The summed E-state index contributed by atoms with van der Waals surface area (Å²) in [6.45, 7) is 0. The Bertz CT molecular complexity index is 202. The SMILES string of the molecule is Cl.NC1(C(F)(F)F)CC2(CCC2)C1. The van der Waals surface area contributed by atoms with Crippen LogP contribution in [0, 0.1) is 5.41 Å². The van der Waals surface area contributed by atoms with E-state index in [2.05, 4.69) is 0 Å². The molecular formula is C8H13ClF3N. The second-order valence-electron chi connectivity index (χ2n) is 4.36. The Kier molecular flexibility index (Phi) is 2.36. The lowest BCUT2D eigenvalue weighted by atomic mass is 9.48. The van der Waals surface area contributed by atoms with Crippen LogP contribution in [0.3, 0.4) is 0 Å². The third-order valence-electron chi connectivity index (χ3n) is 3.36. The summed E-state index contributed by atoms with van der Waals surface area (Å²) in [4.78, 5) is 0. The van der Waals surface area contributed by atoms with Crippen molar-refractivity contribution in [3.63, 3.8) is 0 Å². The molecule has 2 aliphatic carbocycles. The topological polar surface area (TPSA) is 26.0 Å². The molecule has 0 amide bonds. The van der Waals surface area contributed by atoms with Crippen LogP contribution in [0.2, 0.25) is 0 Å². The van der Waals surface area contributed by atoms with Crippen molar-refractivity contribution in [3.05, 3.63) is 0 Å². The van der Waals surface area contributed by atoms with E-state index in [1.54, 1.807) is 0 Å². The Hall–Kier alpha value is 0.0400. The second-order valence-corrected chi connectivity index (χ2v) is 4.36. The van der Waals surface area contributed by atoms with Crippen LogP contribution in [0.4, 0.5) is 13.2 Å². The molecule has 2 N–H and O–H groups in total. The van der Waals surface area contributed by atoms with Gasteiger partial charge in [0.1, 0.15) is 5.54 Å². The van der Waals surface area contributed by atoms with Gasteiger partial charge in [0.15, 0.2) is 0 Å². The standard InChI is InChI=1S/C8H12F3N.ClH/c9-8(10,11)7(12)4-6(5-7)2-1-3-6;/h1-5,12H2;1H. The number of alkyl halides is 3. The lowest BCUT2D eigenvalue weighted by molar-refractivity contribution is -0.246. The fraction of sp³-hybridized carbons (Fsp3) is 1.00. The molecule has 0 aromatic carbocycles. The summed E-state index contributed by atoms with van der Waals surface area (Å²) < 4.78 is 36.8. The summed E-state index contributed by atoms with van der Waals surface area (Å²) in [5.41, 5.74) is 3.38. The van der Waals surface area contributed by atoms with Crippen LogP contribution in [0.25, 0.3) is 0 Å². The van der Waals surface area contributed by atoms with Gasteiger partial charge in [-0.3, -0.25) is 0 Å². The molecule has 0 unspecified atom stereocenters. The molecular weight excluding hydrogens is 203 g/mol. The third-order valence-corrected chi connectivity index (χ3v) is 3.36. The van der Waals surface area contributed by atoms with Gasteiger partial charge in [-0.15, -0.1) is 12.4 Å². The zero-order valence-electron chi connectivity index (χ0n) is 7.16. The molecule has 2 fully saturated rings. The fourth-order valence-electron chi connectivity index (χ4n) is 2.52. The number of hydrogen-bond donors (Lipinski definition) is 1. The molecule has 78 valence electrons. The largest absolute Gasteiger partial charge is 0.406 e. The van der Waals surface area contributed by atoms with Gasteiger partial charge in [-0.05, 0) is 31.1 Å². The summed E-state index contributed by atoms with van der Waals surface area (Å²) in [7, 11) is 0. The highest BCUT2D eigenvalue weighted by Crippen LogP contribution is 2.63. The van der Waals surface area contributed by atoms with Gasteiger partial charge in [0.2, 0.25) is 0 Å². The Morgan fingerprint density at radius 2 is 1.54 bits per heavy atom. The van der Waals surface area contributed by atoms with Gasteiger partial charge in [-0.2, -0.15) is 13.2 Å². The third kappa shape index (κ3) is 1.44. The molecule has 2 aliphatic rings. The molecule has 0 saturated heterocycles. The van der Waals surface area contributed by atoms with Crippen molar-refractivity contribution in [2.24, 2.45) is 11.1 Å². The number of halogens is 4. The van der Waals surface area contributed by atoms with Crippen molar-refractivity contribution in [1.29, 1.82) is 0 Å². The predicted octanol–water partition coefficient (Wildman–Crippen LogP) is 2.63. The average molecular weight is 216 g/mol.